The van der Waals surface area contributed by atoms with Gasteiger partial charge in [0.05, 0.1) is 5.69 Å². The molecule has 6 heteroatoms. The van der Waals surface area contributed by atoms with Crippen LogP contribution in [-0.2, 0) is 22.4 Å². The van der Waals surface area contributed by atoms with Gasteiger partial charge >= 0.3 is 6.03 Å². The van der Waals surface area contributed by atoms with Crippen LogP contribution in [0.3, 0.4) is 0 Å². The molecule has 1 saturated heterocycles. The van der Waals surface area contributed by atoms with Crippen LogP contribution in [-0.4, -0.2) is 30.9 Å². The van der Waals surface area contributed by atoms with Crippen molar-refractivity contribution in [1.82, 2.24) is 5.32 Å². The number of amides is 4. The first-order chi connectivity index (χ1) is 14.1. The van der Waals surface area contributed by atoms with E-state index in [0.717, 1.165) is 49.2 Å². The van der Waals surface area contributed by atoms with E-state index in [1.807, 2.05) is 0 Å². The van der Waals surface area contributed by atoms with Crippen molar-refractivity contribution in [2.75, 3.05) is 22.9 Å². The first-order valence-corrected chi connectivity index (χ1v) is 9.99. The van der Waals surface area contributed by atoms with Crippen LogP contribution in [0.25, 0.3) is 6.08 Å². The molecule has 0 atom stereocenters. The molecule has 0 spiro atoms. The first-order valence-electron chi connectivity index (χ1n) is 9.99. The van der Waals surface area contributed by atoms with E-state index in [1.165, 1.54) is 16.8 Å². The summed E-state index contributed by atoms with van der Waals surface area (Å²) >= 11 is 0. The summed E-state index contributed by atoms with van der Waals surface area (Å²) in [5, 5.41) is 2.29. The Kier molecular flexibility index (Phi) is 4.19. The van der Waals surface area contributed by atoms with Gasteiger partial charge in [-0.2, -0.15) is 0 Å². The monoisotopic (exact) mass is 387 g/mol. The third kappa shape index (κ3) is 3.01. The smallest absolute Gasteiger partial charge is 0.335 e. The van der Waals surface area contributed by atoms with Gasteiger partial charge in [-0.1, -0.05) is 18.2 Å². The van der Waals surface area contributed by atoms with Crippen molar-refractivity contribution in [1.29, 1.82) is 0 Å². The van der Waals surface area contributed by atoms with Crippen LogP contribution < -0.4 is 15.1 Å². The van der Waals surface area contributed by atoms with Gasteiger partial charge in [0, 0.05) is 18.8 Å². The third-order valence-electron chi connectivity index (χ3n) is 5.78. The number of nitrogens with one attached hydrogen (secondary N) is 1. The average molecular weight is 387 g/mol. The Morgan fingerprint density at radius 3 is 2.21 bits per heavy atom. The molecule has 146 valence electrons. The van der Waals surface area contributed by atoms with Gasteiger partial charge in [0.15, 0.2) is 0 Å². The fourth-order valence-electron chi connectivity index (χ4n) is 4.55. The zero-order valence-corrected chi connectivity index (χ0v) is 16.0. The van der Waals surface area contributed by atoms with E-state index in [1.54, 1.807) is 36.4 Å². The Balaban J connectivity index is 1.55. The van der Waals surface area contributed by atoms with Crippen LogP contribution >= 0.6 is 0 Å². The second kappa shape index (κ2) is 6.88. The van der Waals surface area contributed by atoms with E-state index in [0.29, 0.717) is 5.69 Å². The van der Waals surface area contributed by atoms with E-state index in [-0.39, 0.29) is 5.57 Å². The van der Waals surface area contributed by atoms with Crippen molar-refractivity contribution in [2.24, 2.45) is 0 Å². The summed E-state index contributed by atoms with van der Waals surface area (Å²) in [5.74, 6) is -1.25. The predicted octanol–water partition coefficient (Wildman–Crippen LogP) is 3.05. The number of para-hydroxylation sites is 1. The zero-order chi connectivity index (χ0) is 20.0. The Hall–Kier alpha value is -3.41. The number of nitrogens with zero attached hydrogens (tertiary/aromatic N) is 2. The van der Waals surface area contributed by atoms with Gasteiger partial charge in [-0.25, -0.2) is 9.69 Å². The highest BCUT2D eigenvalue weighted by Crippen LogP contribution is 2.36. The highest BCUT2D eigenvalue weighted by atomic mass is 16.2. The van der Waals surface area contributed by atoms with Crippen molar-refractivity contribution in [3.8, 4) is 0 Å². The number of hydrogen-bond acceptors (Lipinski definition) is 4. The third-order valence-corrected chi connectivity index (χ3v) is 5.78. The lowest BCUT2D eigenvalue weighted by Crippen LogP contribution is -2.54. The van der Waals surface area contributed by atoms with Crippen LogP contribution in [0.1, 0.15) is 29.5 Å². The number of urea groups is 1. The van der Waals surface area contributed by atoms with Gasteiger partial charge in [0.25, 0.3) is 11.8 Å². The normalized spacial score (nSPS) is 20.0. The number of anilines is 2. The number of hydrogen-bond donors (Lipinski definition) is 1. The van der Waals surface area contributed by atoms with Crippen LogP contribution in [0.2, 0.25) is 0 Å². The molecule has 4 amide bonds. The van der Waals surface area contributed by atoms with Gasteiger partial charge in [-0.3, -0.25) is 14.9 Å². The molecule has 0 saturated carbocycles. The summed E-state index contributed by atoms with van der Waals surface area (Å²) in [7, 11) is 0. The maximum Gasteiger partial charge on any atom is 0.335 e. The summed E-state index contributed by atoms with van der Waals surface area (Å²) in [4.78, 5) is 41.2. The second-order valence-electron chi connectivity index (χ2n) is 7.68. The molecule has 3 heterocycles. The van der Waals surface area contributed by atoms with Crippen molar-refractivity contribution in [3.05, 3.63) is 64.7 Å². The minimum atomic E-state index is -0.723. The average Bonchev–Trinajstić information content (AvgIpc) is 2.72. The van der Waals surface area contributed by atoms with Gasteiger partial charge < -0.3 is 4.90 Å². The topological polar surface area (TPSA) is 69.7 Å². The number of benzene rings is 2. The molecule has 2 aromatic rings. The van der Waals surface area contributed by atoms with E-state index in [9.17, 15) is 14.4 Å². The maximum absolute atomic E-state index is 13.0. The molecule has 3 aliphatic heterocycles. The number of carbonyl (C=O) groups excluding carboxylic acids is 3. The van der Waals surface area contributed by atoms with Gasteiger partial charge in [-0.05, 0) is 72.7 Å². The van der Waals surface area contributed by atoms with Gasteiger partial charge in [-0.15, -0.1) is 0 Å². The fraction of sp³-hybridized carbons (Fsp3) is 0.261. The largest absolute Gasteiger partial charge is 0.371 e. The Bertz CT molecular complexity index is 1030. The number of imide groups is 2. The van der Waals surface area contributed by atoms with Crippen molar-refractivity contribution in [3.63, 3.8) is 0 Å². The molecule has 0 unspecified atom stereocenters. The quantitative estimate of drug-likeness (QED) is 0.635. The molecule has 1 fully saturated rings. The molecule has 0 aromatic heterocycles. The Morgan fingerprint density at radius 1 is 0.897 bits per heavy atom. The van der Waals surface area contributed by atoms with E-state index in [4.69, 9.17) is 0 Å². The summed E-state index contributed by atoms with van der Waals surface area (Å²) in [5.41, 5.74) is 5.14. The molecule has 5 rings (SSSR count). The number of carbonyl (C=O) groups is 3. The zero-order valence-electron chi connectivity index (χ0n) is 16.0. The summed E-state index contributed by atoms with van der Waals surface area (Å²) in [6.45, 7) is 2.19. The summed E-state index contributed by atoms with van der Waals surface area (Å²) in [6.07, 6.45) is 5.85. The SMILES string of the molecule is O=C1NC(=O)N(c2ccccc2)C(=O)C1=Cc1cc2c3c(c1)CCCN3CCC2. The van der Waals surface area contributed by atoms with Crippen LogP contribution in [0, 0.1) is 0 Å². The van der Waals surface area contributed by atoms with Crippen molar-refractivity contribution < 1.29 is 14.4 Å². The molecule has 29 heavy (non-hydrogen) atoms. The second-order valence-corrected chi connectivity index (χ2v) is 7.68. The van der Waals surface area contributed by atoms with Gasteiger partial charge in [0.2, 0.25) is 0 Å². The van der Waals surface area contributed by atoms with Crippen molar-refractivity contribution in [2.45, 2.75) is 25.7 Å². The Morgan fingerprint density at radius 2 is 1.55 bits per heavy atom. The van der Waals surface area contributed by atoms with E-state index < -0.39 is 17.8 Å². The summed E-state index contributed by atoms with van der Waals surface area (Å²) in [6, 6.07) is 12.1. The minimum Gasteiger partial charge on any atom is -0.371 e. The number of aryl methyl sites for hydroxylation is 2. The molecular formula is C23H21N3O3. The molecule has 6 nitrogen and oxygen atoms in total. The first kappa shape index (κ1) is 17.7. The van der Waals surface area contributed by atoms with E-state index >= 15 is 0 Å². The van der Waals surface area contributed by atoms with Crippen LogP contribution in [0.15, 0.2) is 48.0 Å². The maximum atomic E-state index is 13.0. The highest BCUT2D eigenvalue weighted by molar-refractivity contribution is 6.39. The standard InChI is InChI=1S/C23H21N3O3/c27-21-19(22(28)26(23(29)24-21)18-8-2-1-3-9-18)14-15-12-16-6-4-10-25-11-5-7-17(13-15)20(16)25/h1-3,8-9,12-14H,4-7,10-11H2,(H,24,27,29). The van der Waals surface area contributed by atoms with Crippen LogP contribution in [0.5, 0.6) is 0 Å². The van der Waals surface area contributed by atoms with E-state index in [2.05, 4.69) is 22.3 Å². The number of barbiturate groups is 1. The lowest BCUT2D eigenvalue weighted by molar-refractivity contribution is -0.122. The predicted molar refractivity (Wildman–Crippen MR) is 111 cm³/mol. The molecule has 0 aliphatic carbocycles. The lowest BCUT2D eigenvalue weighted by atomic mass is 9.89. The van der Waals surface area contributed by atoms with Gasteiger partial charge in [0.1, 0.15) is 5.57 Å². The fourth-order valence-corrected chi connectivity index (χ4v) is 4.55. The molecule has 0 radical (unpaired) electrons. The van der Waals surface area contributed by atoms with Crippen molar-refractivity contribution >= 4 is 35.3 Å². The highest BCUT2D eigenvalue weighted by Gasteiger charge is 2.37. The van der Waals surface area contributed by atoms with Crippen LogP contribution in [0.4, 0.5) is 16.2 Å². The molecular weight excluding hydrogens is 366 g/mol. The minimum absolute atomic E-state index is 0.0240. The number of rotatable bonds is 2. The molecule has 3 aliphatic rings. The lowest BCUT2D eigenvalue weighted by Gasteiger charge is -2.37. The molecule has 2 aromatic carbocycles. The molecule has 0 bridgehead atoms. The summed E-state index contributed by atoms with van der Waals surface area (Å²) < 4.78 is 0. The molecule has 1 N–H and O–H groups in total. The Labute approximate surface area is 168 Å².